The molecule has 144 valence electrons. The van der Waals surface area contributed by atoms with Gasteiger partial charge < -0.3 is 10.5 Å². The molecule has 0 aliphatic rings. The highest BCUT2D eigenvalue weighted by atomic mass is 32.2. The summed E-state index contributed by atoms with van der Waals surface area (Å²) in [5.74, 6) is -0.512. The molecule has 2 aromatic carbocycles. The van der Waals surface area contributed by atoms with Crippen LogP contribution in [0.15, 0.2) is 53.4 Å². The van der Waals surface area contributed by atoms with Crippen molar-refractivity contribution in [3.8, 4) is 0 Å². The Kier molecular flexibility index (Phi) is 6.57. The van der Waals surface area contributed by atoms with Crippen LogP contribution in [0.2, 0.25) is 0 Å². The second-order valence-corrected chi connectivity index (χ2v) is 7.74. The summed E-state index contributed by atoms with van der Waals surface area (Å²) in [6.07, 6.45) is 1.66. The van der Waals surface area contributed by atoms with E-state index in [2.05, 4.69) is 0 Å². The van der Waals surface area contributed by atoms with Crippen molar-refractivity contribution in [3.63, 3.8) is 0 Å². The number of anilines is 1. The first kappa shape index (κ1) is 20.4. The molecule has 0 atom stereocenters. The molecule has 0 aliphatic carbocycles. The SMILES string of the molecule is CCCCOC(=O)c1ccc(N(C(N)=O)S(=O)(=O)c2ccc(C)cc2)cc1. The maximum absolute atomic E-state index is 12.8. The third-order valence-electron chi connectivity index (χ3n) is 3.83. The number of ether oxygens (including phenoxy) is 1. The molecule has 7 nitrogen and oxygen atoms in total. The standard InChI is InChI=1S/C19H22N2O5S/c1-3-4-13-26-18(22)15-7-9-16(10-8-15)21(19(20)23)27(24,25)17-11-5-14(2)6-12-17/h5-12H,3-4,13H2,1-2H3,(H2,20,23). The third-order valence-corrected chi connectivity index (χ3v) is 5.57. The Morgan fingerprint density at radius 1 is 1.04 bits per heavy atom. The summed E-state index contributed by atoms with van der Waals surface area (Å²) in [7, 11) is -4.18. The Balaban J connectivity index is 2.30. The van der Waals surface area contributed by atoms with Crippen LogP contribution in [0.3, 0.4) is 0 Å². The Morgan fingerprint density at radius 2 is 1.63 bits per heavy atom. The fraction of sp³-hybridized carbons (Fsp3) is 0.263. The zero-order valence-electron chi connectivity index (χ0n) is 15.2. The lowest BCUT2D eigenvalue weighted by atomic mass is 10.2. The minimum absolute atomic E-state index is 0.0354. The van der Waals surface area contributed by atoms with Gasteiger partial charge in [0, 0.05) is 0 Å². The summed E-state index contributed by atoms with van der Waals surface area (Å²) in [6, 6.07) is 10.4. The molecule has 0 saturated carbocycles. The average Bonchev–Trinajstić information content (AvgIpc) is 2.62. The van der Waals surface area contributed by atoms with Gasteiger partial charge >= 0.3 is 12.0 Å². The maximum atomic E-state index is 12.8. The van der Waals surface area contributed by atoms with Gasteiger partial charge in [0.2, 0.25) is 0 Å². The summed E-state index contributed by atoms with van der Waals surface area (Å²) in [6.45, 7) is 4.11. The highest BCUT2D eigenvalue weighted by molar-refractivity contribution is 7.93. The van der Waals surface area contributed by atoms with E-state index in [1.165, 1.54) is 36.4 Å². The molecule has 2 amide bonds. The van der Waals surface area contributed by atoms with Crippen molar-refractivity contribution in [2.75, 3.05) is 10.9 Å². The fourth-order valence-electron chi connectivity index (χ4n) is 2.33. The van der Waals surface area contributed by atoms with Crippen LogP contribution in [0.4, 0.5) is 10.5 Å². The number of sulfonamides is 1. The molecule has 0 fully saturated rings. The smallest absolute Gasteiger partial charge is 0.338 e. The largest absolute Gasteiger partial charge is 0.462 e. The number of nitrogens with two attached hydrogens (primary N) is 1. The van der Waals surface area contributed by atoms with Crippen molar-refractivity contribution in [1.29, 1.82) is 0 Å². The lowest BCUT2D eigenvalue weighted by Gasteiger charge is -2.20. The van der Waals surface area contributed by atoms with E-state index in [-0.39, 0.29) is 16.1 Å². The van der Waals surface area contributed by atoms with Gasteiger partial charge in [-0.05, 0) is 49.7 Å². The van der Waals surface area contributed by atoms with Gasteiger partial charge in [-0.15, -0.1) is 0 Å². The number of hydrogen-bond donors (Lipinski definition) is 1. The highest BCUT2D eigenvalue weighted by Crippen LogP contribution is 2.24. The van der Waals surface area contributed by atoms with Crippen molar-refractivity contribution in [2.45, 2.75) is 31.6 Å². The van der Waals surface area contributed by atoms with Gasteiger partial charge in [0.15, 0.2) is 0 Å². The number of amides is 2. The lowest BCUT2D eigenvalue weighted by molar-refractivity contribution is 0.0499. The van der Waals surface area contributed by atoms with Gasteiger partial charge in [0.1, 0.15) is 0 Å². The zero-order chi connectivity index (χ0) is 20.0. The van der Waals surface area contributed by atoms with Crippen LogP contribution in [0.1, 0.15) is 35.7 Å². The summed E-state index contributed by atoms with van der Waals surface area (Å²) >= 11 is 0. The number of esters is 1. The number of carbonyl (C=O) groups is 2. The third kappa shape index (κ3) is 4.85. The van der Waals surface area contributed by atoms with Crippen molar-refractivity contribution in [3.05, 3.63) is 59.7 Å². The quantitative estimate of drug-likeness (QED) is 0.577. The number of aryl methyl sites for hydroxylation is 1. The number of unbranched alkanes of at least 4 members (excludes halogenated alkanes) is 1. The van der Waals surface area contributed by atoms with Crippen LogP contribution in [0, 0.1) is 6.92 Å². The zero-order valence-corrected chi connectivity index (χ0v) is 16.0. The predicted octanol–water partition coefficient (Wildman–Crippen LogP) is 3.23. The maximum Gasteiger partial charge on any atom is 0.338 e. The summed E-state index contributed by atoms with van der Waals surface area (Å²) < 4.78 is 31.2. The second kappa shape index (κ2) is 8.68. The molecule has 0 spiro atoms. The second-order valence-electron chi connectivity index (χ2n) is 5.96. The topological polar surface area (TPSA) is 107 Å². The molecular formula is C19H22N2O5S. The molecule has 0 aromatic heterocycles. The molecule has 2 aromatic rings. The normalized spacial score (nSPS) is 11.0. The number of hydrogen-bond acceptors (Lipinski definition) is 5. The van der Waals surface area contributed by atoms with E-state index < -0.39 is 22.0 Å². The Labute approximate surface area is 158 Å². The highest BCUT2D eigenvalue weighted by Gasteiger charge is 2.29. The number of urea groups is 1. The molecular weight excluding hydrogens is 368 g/mol. The van der Waals surface area contributed by atoms with Crippen LogP contribution in [-0.4, -0.2) is 27.0 Å². The molecule has 27 heavy (non-hydrogen) atoms. The van der Waals surface area contributed by atoms with Crippen molar-refractivity contribution >= 4 is 27.7 Å². The summed E-state index contributed by atoms with van der Waals surface area (Å²) in [5, 5.41) is 0. The molecule has 0 saturated heterocycles. The molecule has 2 N–H and O–H groups in total. The fourth-order valence-corrected chi connectivity index (χ4v) is 3.65. The van der Waals surface area contributed by atoms with Crippen molar-refractivity contribution in [1.82, 2.24) is 0 Å². The van der Waals surface area contributed by atoms with Crippen LogP contribution in [0.25, 0.3) is 0 Å². The first-order valence-electron chi connectivity index (χ1n) is 8.46. The Bertz CT molecular complexity index is 906. The van der Waals surface area contributed by atoms with Gasteiger partial charge in [0.05, 0.1) is 22.8 Å². The minimum atomic E-state index is -4.18. The monoisotopic (exact) mass is 390 g/mol. The number of carbonyl (C=O) groups excluding carboxylic acids is 2. The van der Waals surface area contributed by atoms with E-state index >= 15 is 0 Å². The minimum Gasteiger partial charge on any atom is -0.462 e. The van der Waals surface area contributed by atoms with E-state index in [4.69, 9.17) is 10.5 Å². The number of nitrogens with zero attached hydrogens (tertiary/aromatic N) is 1. The summed E-state index contributed by atoms with van der Waals surface area (Å²) in [5.41, 5.74) is 6.49. The van der Waals surface area contributed by atoms with Crippen molar-refractivity contribution in [2.24, 2.45) is 5.73 Å². The van der Waals surface area contributed by atoms with Crippen molar-refractivity contribution < 1.29 is 22.7 Å². The lowest BCUT2D eigenvalue weighted by Crippen LogP contribution is -2.40. The van der Waals surface area contributed by atoms with Gasteiger partial charge in [-0.2, -0.15) is 4.31 Å². The van der Waals surface area contributed by atoms with Gasteiger partial charge in [-0.25, -0.2) is 18.0 Å². The summed E-state index contributed by atoms with van der Waals surface area (Å²) in [4.78, 5) is 23.7. The Hall–Kier alpha value is -2.87. The van der Waals surface area contributed by atoms with E-state index in [9.17, 15) is 18.0 Å². The van der Waals surface area contributed by atoms with Crippen LogP contribution in [0.5, 0.6) is 0 Å². The van der Waals surface area contributed by atoms with Gasteiger partial charge in [0.25, 0.3) is 10.0 Å². The molecule has 0 heterocycles. The Morgan fingerprint density at radius 3 is 2.15 bits per heavy atom. The number of benzene rings is 2. The number of primary amides is 1. The first-order chi connectivity index (χ1) is 12.8. The molecule has 0 radical (unpaired) electrons. The van der Waals surface area contributed by atoms with Gasteiger partial charge in [-0.1, -0.05) is 31.0 Å². The molecule has 0 aliphatic heterocycles. The van der Waals surface area contributed by atoms with Crippen LogP contribution >= 0.6 is 0 Å². The van der Waals surface area contributed by atoms with E-state index in [1.807, 2.05) is 13.8 Å². The number of rotatable bonds is 7. The molecule has 0 unspecified atom stereocenters. The van der Waals surface area contributed by atoms with E-state index in [0.29, 0.717) is 10.9 Å². The molecule has 0 bridgehead atoms. The van der Waals surface area contributed by atoms with E-state index in [1.54, 1.807) is 12.1 Å². The van der Waals surface area contributed by atoms with Gasteiger partial charge in [-0.3, -0.25) is 0 Å². The van der Waals surface area contributed by atoms with Crippen LogP contribution in [-0.2, 0) is 14.8 Å². The first-order valence-corrected chi connectivity index (χ1v) is 9.90. The average molecular weight is 390 g/mol. The predicted molar refractivity (Wildman–Crippen MR) is 102 cm³/mol. The van der Waals surface area contributed by atoms with E-state index in [0.717, 1.165) is 18.4 Å². The molecule has 2 rings (SSSR count). The van der Waals surface area contributed by atoms with Crippen LogP contribution < -0.4 is 10.0 Å². The molecule has 8 heteroatoms.